The second-order valence-corrected chi connectivity index (χ2v) is 9.67. The van der Waals surface area contributed by atoms with Gasteiger partial charge in [0.25, 0.3) is 0 Å². The van der Waals surface area contributed by atoms with Gasteiger partial charge in [0.1, 0.15) is 0 Å². The van der Waals surface area contributed by atoms with Crippen LogP contribution in [-0.4, -0.2) is 49.7 Å². The van der Waals surface area contributed by atoms with E-state index in [4.69, 9.17) is 14.6 Å². The molecule has 3 aromatic rings. The number of carbonyl (C=O) groups is 2. The minimum absolute atomic E-state index is 0.0745. The molecule has 0 saturated heterocycles. The van der Waals surface area contributed by atoms with E-state index in [2.05, 4.69) is 0 Å². The molecule has 0 spiro atoms. The van der Waals surface area contributed by atoms with Gasteiger partial charge in [0.2, 0.25) is 0 Å². The molecule has 3 rings (SSSR count). The Labute approximate surface area is 172 Å². The standard InChI is InChI=1S/C20H18AsO6S/c1-10(2)27-17-14-9-12(26-3)5-7-16(14)28-18(17)19(23)21-11-4-6-13(20(24)25)15(22)8-11/h4-10,22H,1-3H3,(H,24,25). The Balaban J connectivity index is 1.98. The molecule has 0 saturated carbocycles. The van der Waals surface area contributed by atoms with Crippen molar-refractivity contribution in [3.8, 4) is 17.2 Å². The molecule has 0 unspecified atom stereocenters. The Morgan fingerprint density at radius 2 is 1.89 bits per heavy atom. The number of phenols is 1. The summed E-state index contributed by atoms with van der Waals surface area (Å²) in [6.07, 6.45) is -0.106. The van der Waals surface area contributed by atoms with Gasteiger partial charge in [-0.1, -0.05) is 0 Å². The van der Waals surface area contributed by atoms with E-state index >= 15 is 0 Å². The number of carbonyl (C=O) groups excluding carboxylic acids is 1. The van der Waals surface area contributed by atoms with Gasteiger partial charge in [0, 0.05) is 0 Å². The number of ether oxygens (including phenoxy) is 2. The molecule has 145 valence electrons. The van der Waals surface area contributed by atoms with Crippen molar-refractivity contribution in [2.75, 3.05) is 7.11 Å². The second kappa shape index (κ2) is 8.25. The fraction of sp³-hybridized carbons (Fsp3) is 0.200. The van der Waals surface area contributed by atoms with Gasteiger partial charge in [-0.25, -0.2) is 0 Å². The zero-order valence-corrected chi connectivity index (χ0v) is 18.1. The van der Waals surface area contributed by atoms with Crippen molar-refractivity contribution in [3.63, 3.8) is 0 Å². The number of thiophene rings is 1. The van der Waals surface area contributed by atoms with Gasteiger partial charge < -0.3 is 0 Å². The summed E-state index contributed by atoms with van der Waals surface area (Å²) >= 11 is 0.385. The normalized spacial score (nSPS) is 11.4. The van der Waals surface area contributed by atoms with Crippen molar-refractivity contribution in [3.05, 3.63) is 46.8 Å². The molecule has 2 N–H and O–H groups in total. The molecule has 0 aliphatic rings. The van der Waals surface area contributed by atoms with Crippen LogP contribution in [0.25, 0.3) is 10.1 Å². The number of aromatic carboxylic acids is 1. The molecule has 0 bridgehead atoms. The number of methoxy groups -OCH3 is 1. The zero-order valence-electron chi connectivity index (χ0n) is 15.4. The molecule has 0 aliphatic carbocycles. The van der Waals surface area contributed by atoms with Gasteiger partial charge in [-0.15, -0.1) is 0 Å². The quantitative estimate of drug-likeness (QED) is 0.525. The predicted octanol–water partition coefficient (Wildman–Crippen LogP) is 3.27. The van der Waals surface area contributed by atoms with Gasteiger partial charge in [-0.3, -0.25) is 0 Å². The fourth-order valence-corrected chi connectivity index (χ4v) is 5.72. The summed E-state index contributed by atoms with van der Waals surface area (Å²) < 4.78 is 12.7. The molecular weight excluding hydrogens is 443 g/mol. The van der Waals surface area contributed by atoms with E-state index < -0.39 is 21.7 Å². The molecule has 1 aromatic heterocycles. The van der Waals surface area contributed by atoms with Crippen LogP contribution in [0.3, 0.4) is 0 Å². The van der Waals surface area contributed by atoms with Crippen LogP contribution in [0.5, 0.6) is 17.2 Å². The third-order valence-electron chi connectivity index (χ3n) is 3.84. The van der Waals surface area contributed by atoms with E-state index in [9.17, 15) is 14.7 Å². The average Bonchev–Trinajstić information content (AvgIpc) is 2.98. The number of rotatable bonds is 7. The summed E-state index contributed by atoms with van der Waals surface area (Å²) in [6.45, 7) is 3.79. The Morgan fingerprint density at radius 3 is 2.50 bits per heavy atom. The molecule has 2 aromatic carbocycles. The molecule has 1 heterocycles. The fourth-order valence-electron chi connectivity index (χ4n) is 2.61. The summed E-state index contributed by atoms with van der Waals surface area (Å²) in [5.41, 5.74) is -0.185. The number of benzene rings is 2. The van der Waals surface area contributed by atoms with Crippen molar-refractivity contribution < 1.29 is 29.3 Å². The first-order chi connectivity index (χ1) is 13.3. The average molecular weight is 461 g/mol. The van der Waals surface area contributed by atoms with Crippen molar-refractivity contribution in [1.29, 1.82) is 0 Å². The van der Waals surface area contributed by atoms with Crippen LogP contribution in [-0.2, 0) is 0 Å². The van der Waals surface area contributed by atoms with Gasteiger partial charge in [-0.2, -0.15) is 0 Å². The number of hydrogen-bond donors (Lipinski definition) is 2. The number of aromatic hydroxyl groups is 1. The molecular formula is C20H18AsO6S. The third-order valence-corrected chi connectivity index (χ3v) is 7.34. The van der Waals surface area contributed by atoms with Crippen LogP contribution >= 0.6 is 11.3 Å². The van der Waals surface area contributed by atoms with Crippen molar-refractivity contribution >= 4 is 52.1 Å². The van der Waals surface area contributed by atoms with Crippen molar-refractivity contribution in [2.45, 2.75) is 20.0 Å². The van der Waals surface area contributed by atoms with Crippen molar-refractivity contribution in [2.24, 2.45) is 0 Å². The van der Waals surface area contributed by atoms with Crippen LogP contribution in [0.1, 0.15) is 33.9 Å². The molecule has 1 radical (unpaired) electrons. The van der Waals surface area contributed by atoms with Crippen LogP contribution < -0.4 is 13.8 Å². The first-order valence-corrected chi connectivity index (χ1v) is 11.1. The maximum absolute atomic E-state index is 13.0. The number of carboxylic acids is 1. The summed E-state index contributed by atoms with van der Waals surface area (Å²) in [5, 5.41) is 19.7. The SMILES string of the molecule is COc1ccc2sc(C(=O)[As]c3ccc(C(=O)O)c(O)c3)c(OC(C)C)c2c1. The Kier molecular flexibility index (Phi) is 5.96. The van der Waals surface area contributed by atoms with Gasteiger partial charge in [0.05, 0.1) is 0 Å². The summed E-state index contributed by atoms with van der Waals surface area (Å²) in [7, 11) is 1.58. The minimum atomic E-state index is -1.21. The van der Waals surface area contributed by atoms with Gasteiger partial charge >= 0.3 is 172 Å². The number of hydrogen-bond acceptors (Lipinski definition) is 6. The molecule has 0 fully saturated rings. The van der Waals surface area contributed by atoms with E-state index in [0.717, 1.165) is 10.1 Å². The van der Waals surface area contributed by atoms with Gasteiger partial charge in [0.15, 0.2) is 0 Å². The summed E-state index contributed by atoms with van der Waals surface area (Å²) in [5.74, 6) is -0.327. The predicted molar refractivity (Wildman–Crippen MR) is 109 cm³/mol. The number of fused-ring (bicyclic) bond motifs is 1. The monoisotopic (exact) mass is 461 g/mol. The van der Waals surface area contributed by atoms with E-state index in [1.54, 1.807) is 13.2 Å². The van der Waals surface area contributed by atoms with Crippen molar-refractivity contribution in [1.82, 2.24) is 0 Å². The molecule has 0 atom stereocenters. The van der Waals surface area contributed by atoms with Crippen LogP contribution in [0.4, 0.5) is 0 Å². The second-order valence-electron chi connectivity index (χ2n) is 6.21. The molecule has 6 nitrogen and oxygen atoms in total. The zero-order chi connectivity index (χ0) is 20.4. The molecule has 28 heavy (non-hydrogen) atoms. The Morgan fingerprint density at radius 1 is 1.14 bits per heavy atom. The van der Waals surface area contributed by atoms with Crippen LogP contribution in [0.2, 0.25) is 0 Å². The van der Waals surface area contributed by atoms with E-state index in [1.807, 2.05) is 32.0 Å². The maximum atomic E-state index is 13.0. The molecule has 8 heteroatoms. The Bertz CT molecular complexity index is 1060. The van der Waals surface area contributed by atoms with Crippen LogP contribution in [0.15, 0.2) is 36.4 Å². The summed E-state index contributed by atoms with van der Waals surface area (Å²) in [4.78, 5) is 24.6. The first kappa shape index (κ1) is 20.2. The third kappa shape index (κ3) is 4.16. The number of carboxylic acid groups (broad SMARTS) is 1. The van der Waals surface area contributed by atoms with E-state index in [1.165, 1.54) is 23.5 Å². The summed E-state index contributed by atoms with van der Waals surface area (Å²) in [6, 6.07) is 9.82. The molecule has 0 aliphatic heterocycles. The van der Waals surface area contributed by atoms with Crippen LogP contribution in [0, 0.1) is 0 Å². The van der Waals surface area contributed by atoms with Gasteiger partial charge in [-0.05, 0) is 0 Å². The molecule has 0 amide bonds. The van der Waals surface area contributed by atoms with E-state index in [0.29, 0.717) is 20.7 Å². The first-order valence-electron chi connectivity index (χ1n) is 8.39. The van der Waals surface area contributed by atoms with E-state index in [-0.39, 0.29) is 22.0 Å². The topological polar surface area (TPSA) is 93.1 Å². The Hall–Kier alpha value is -2.50.